The number of hydrogen-bond donors (Lipinski definition) is 2. The predicted molar refractivity (Wildman–Crippen MR) is 169 cm³/mol. The Kier molecular flexibility index (Phi) is 8.99. The third kappa shape index (κ3) is 6.09. The van der Waals surface area contributed by atoms with E-state index < -0.39 is 6.10 Å². The van der Waals surface area contributed by atoms with Crippen LogP contribution in [0.15, 0.2) is 64.8 Å². The van der Waals surface area contributed by atoms with Gasteiger partial charge in [0.1, 0.15) is 6.33 Å². The second kappa shape index (κ2) is 13.2. The first-order valence-electron chi connectivity index (χ1n) is 15.8. The van der Waals surface area contributed by atoms with Gasteiger partial charge in [-0.3, -0.25) is 14.2 Å². The van der Waals surface area contributed by atoms with Crippen molar-refractivity contribution in [3.8, 4) is 11.1 Å². The molecule has 3 heterocycles. The van der Waals surface area contributed by atoms with Gasteiger partial charge in [0.15, 0.2) is 0 Å². The third-order valence-corrected chi connectivity index (χ3v) is 8.82. The van der Waals surface area contributed by atoms with Gasteiger partial charge < -0.3 is 9.84 Å². The lowest BCUT2D eigenvalue weighted by Crippen LogP contribution is -2.35. The number of fused-ring (bicyclic) bond motifs is 1. The summed E-state index contributed by atoms with van der Waals surface area (Å²) in [4.78, 5) is 31.1. The molecule has 1 atom stereocenters. The van der Waals surface area contributed by atoms with Gasteiger partial charge in [-0.25, -0.2) is 9.94 Å². The molecule has 10 heteroatoms. The topological polar surface area (TPSA) is 123 Å². The fourth-order valence-electron chi connectivity index (χ4n) is 6.44. The molecule has 0 radical (unpaired) electrons. The summed E-state index contributed by atoms with van der Waals surface area (Å²) >= 11 is 0. The SMILES string of the molecule is CCCc1c(Cc2ccc(-c3ccccc3)c(C3=NNC(=O)C3)c2)c(=O)n(C2CCC(OCC(O)CC)CC2)c2ncnn12. The normalized spacial score (nSPS) is 19.2. The number of aliphatic hydroxyl groups excluding tert-OH is 1. The fraction of sp³-hybridized carbons (Fsp3) is 0.441. The summed E-state index contributed by atoms with van der Waals surface area (Å²) in [6, 6.07) is 16.2. The van der Waals surface area contributed by atoms with Crippen molar-refractivity contribution in [3.63, 3.8) is 0 Å². The van der Waals surface area contributed by atoms with Crippen LogP contribution in [0.2, 0.25) is 0 Å². The molecule has 6 rings (SSSR count). The van der Waals surface area contributed by atoms with E-state index in [1.807, 2.05) is 46.3 Å². The van der Waals surface area contributed by atoms with Crippen molar-refractivity contribution >= 4 is 17.4 Å². The monoisotopic (exact) mass is 596 g/mol. The highest BCUT2D eigenvalue weighted by atomic mass is 16.5. The zero-order valence-corrected chi connectivity index (χ0v) is 25.4. The van der Waals surface area contributed by atoms with Crippen molar-refractivity contribution in [2.75, 3.05) is 6.61 Å². The second-order valence-corrected chi connectivity index (χ2v) is 11.8. The Morgan fingerprint density at radius 1 is 1.05 bits per heavy atom. The molecular weight excluding hydrogens is 556 g/mol. The summed E-state index contributed by atoms with van der Waals surface area (Å²) in [5, 5.41) is 18.8. The Labute approximate surface area is 256 Å². The fourth-order valence-corrected chi connectivity index (χ4v) is 6.44. The van der Waals surface area contributed by atoms with E-state index in [9.17, 15) is 14.7 Å². The highest BCUT2D eigenvalue weighted by Crippen LogP contribution is 2.32. The lowest BCUT2D eigenvalue weighted by atomic mass is 9.91. The first-order chi connectivity index (χ1) is 21.5. The smallest absolute Gasteiger partial charge is 0.259 e. The number of amides is 1. The predicted octanol–water partition coefficient (Wildman–Crippen LogP) is 4.60. The van der Waals surface area contributed by atoms with Gasteiger partial charge in [0, 0.05) is 23.6 Å². The van der Waals surface area contributed by atoms with Gasteiger partial charge in [0.25, 0.3) is 5.56 Å². The van der Waals surface area contributed by atoms with E-state index in [-0.39, 0.29) is 30.0 Å². The quantitative estimate of drug-likeness (QED) is 0.261. The lowest BCUT2D eigenvalue weighted by molar-refractivity contribution is -0.119. The summed E-state index contributed by atoms with van der Waals surface area (Å²) in [7, 11) is 0. The third-order valence-electron chi connectivity index (χ3n) is 8.82. The molecule has 0 saturated heterocycles. The highest BCUT2D eigenvalue weighted by molar-refractivity contribution is 6.16. The molecule has 10 nitrogen and oxygen atoms in total. The van der Waals surface area contributed by atoms with Crippen LogP contribution in [0.1, 0.15) is 87.2 Å². The molecule has 230 valence electrons. The maximum atomic E-state index is 14.4. The van der Waals surface area contributed by atoms with E-state index in [1.54, 1.807) is 0 Å². The van der Waals surface area contributed by atoms with Crippen molar-refractivity contribution in [1.29, 1.82) is 0 Å². The van der Waals surface area contributed by atoms with Gasteiger partial charge in [-0.2, -0.15) is 15.2 Å². The van der Waals surface area contributed by atoms with Crippen LogP contribution < -0.4 is 11.0 Å². The number of rotatable bonds is 11. The number of nitrogens with zero attached hydrogens (tertiary/aromatic N) is 5. The Bertz CT molecular complexity index is 1720. The number of benzene rings is 2. The summed E-state index contributed by atoms with van der Waals surface area (Å²) in [6.45, 7) is 4.39. The summed E-state index contributed by atoms with van der Waals surface area (Å²) in [6.07, 6.45) is 7.25. The Hall–Kier alpha value is -4.15. The summed E-state index contributed by atoms with van der Waals surface area (Å²) < 4.78 is 9.67. The molecule has 1 unspecified atom stereocenters. The molecule has 2 N–H and O–H groups in total. The average molecular weight is 597 g/mol. The molecule has 2 aliphatic rings. The Morgan fingerprint density at radius 2 is 1.84 bits per heavy atom. The maximum Gasteiger partial charge on any atom is 0.259 e. The number of hydrazone groups is 1. The van der Waals surface area contributed by atoms with Crippen molar-refractivity contribution < 1.29 is 14.6 Å². The number of aliphatic hydroxyl groups is 1. The maximum absolute atomic E-state index is 14.4. The van der Waals surface area contributed by atoms with Crippen LogP contribution in [0.25, 0.3) is 16.9 Å². The van der Waals surface area contributed by atoms with Gasteiger partial charge in [-0.1, -0.05) is 62.7 Å². The van der Waals surface area contributed by atoms with Crippen molar-refractivity contribution in [3.05, 3.63) is 87.6 Å². The standard InChI is InChI=1S/C34H40N6O4/c1-3-8-31-29(18-22-11-16-27(23-9-6-5-7-10-23)28(17-22)30-19-32(42)38-37-30)33(43)39(34-35-21-36-40(31)34)24-12-14-26(15-13-24)44-20-25(41)4-2/h5-7,9-11,16-17,21,24-26,41H,3-4,8,12-15,18-20H2,1-2H3,(H,38,42). The molecule has 1 aliphatic carbocycles. The van der Waals surface area contributed by atoms with Gasteiger partial charge >= 0.3 is 0 Å². The molecule has 44 heavy (non-hydrogen) atoms. The first-order valence-corrected chi connectivity index (χ1v) is 15.8. The minimum atomic E-state index is -0.445. The number of aryl methyl sites for hydroxylation is 1. The van der Waals surface area contributed by atoms with Gasteiger partial charge in [0.2, 0.25) is 11.7 Å². The molecule has 4 aromatic rings. The number of aromatic nitrogens is 4. The molecule has 1 aliphatic heterocycles. The van der Waals surface area contributed by atoms with Gasteiger partial charge in [-0.05, 0) is 61.3 Å². The van der Waals surface area contributed by atoms with Crippen LogP contribution in [-0.4, -0.2) is 54.7 Å². The van der Waals surface area contributed by atoms with Gasteiger partial charge in [0.05, 0.1) is 36.6 Å². The minimum absolute atomic E-state index is 0.0134. The van der Waals surface area contributed by atoms with Crippen LogP contribution in [0.3, 0.4) is 0 Å². The number of hydrogen-bond acceptors (Lipinski definition) is 7. The molecule has 0 spiro atoms. The zero-order valence-electron chi connectivity index (χ0n) is 25.4. The lowest BCUT2D eigenvalue weighted by Gasteiger charge is -2.31. The van der Waals surface area contributed by atoms with E-state index in [1.165, 1.54) is 6.33 Å². The van der Waals surface area contributed by atoms with E-state index in [4.69, 9.17) is 4.74 Å². The summed E-state index contributed by atoms with van der Waals surface area (Å²) in [5.74, 6) is 0.453. The van der Waals surface area contributed by atoms with Crippen LogP contribution in [0, 0.1) is 0 Å². The second-order valence-electron chi connectivity index (χ2n) is 11.8. The minimum Gasteiger partial charge on any atom is -0.391 e. The molecule has 1 amide bonds. The Balaban J connectivity index is 1.37. The van der Waals surface area contributed by atoms with E-state index >= 15 is 0 Å². The molecule has 1 saturated carbocycles. The summed E-state index contributed by atoms with van der Waals surface area (Å²) in [5.41, 5.74) is 8.75. The molecular formula is C34H40N6O4. The van der Waals surface area contributed by atoms with Crippen LogP contribution in [0.5, 0.6) is 0 Å². The number of carbonyl (C=O) groups excluding carboxylic acids is 1. The van der Waals surface area contributed by atoms with Crippen molar-refractivity contribution in [2.24, 2.45) is 5.10 Å². The number of nitrogens with one attached hydrogen (secondary N) is 1. The van der Waals surface area contributed by atoms with Crippen LogP contribution >= 0.6 is 0 Å². The van der Waals surface area contributed by atoms with Gasteiger partial charge in [-0.15, -0.1) is 0 Å². The van der Waals surface area contributed by atoms with E-state index in [2.05, 4.69) is 45.7 Å². The zero-order chi connectivity index (χ0) is 30.6. The largest absolute Gasteiger partial charge is 0.391 e. The van der Waals surface area contributed by atoms with Crippen molar-refractivity contribution in [2.45, 2.75) is 89.9 Å². The molecule has 0 bridgehead atoms. The first kappa shape index (κ1) is 29.9. The number of ether oxygens (including phenoxy) is 1. The van der Waals surface area contributed by atoms with Crippen molar-refractivity contribution in [1.82, 2.24) is 24.6 Å². The molecule has 2 aromatic carbocycles. The van der Waals surface area contributed by atoms with Crippen LogP contribution in [-0.2, 0) is 22.4 Å². The van der Waals surface area contributed by atoms with Crippen LogP contribution in [0.4, 0.5) is 0 Å². The van der Waals surface area contributed by atoms with E-state index in [0.717, 1.165) is 65.6 Å². The highest BCUT2D eigenvalue weighted by Gasteiger charge is 2.29. The average Bonchev–Trinajstić information content (AvgIpc) is 3.72. The Morgan fingerprint density at radius 3 is 2.55 bits per heavy atom. The number of carbonyl (C=O) groups is 1. The molecule has 1 fully saturated rings. The van der Waals surface area contributed by atoms with E-state index in [0.29, 0.717) is 37.4 Å². The molecule has 2 aromatic heterocycles.